The molecule has 0 heterocycles. The second-order valence-corrected chi connectivity index (χ2v) is 7.26. The lowest BCUT2D eigenvalue weighted by Gasteiger charge is -2.35. The zero-order valence-electron chi connectivity index (χ0n) is 12.5. The van der Waals surface area contributed by atoms with Crippen molar-refractivity contribution in [3.63, 3.8) is 0 Å². The first-order valence-electron chi connectivity index (χ1n) is 6.67. The van der Waals surface area contributed by atoms with E-state index in [1.54, 1.807) is 0 Å². The highest BCUT2D eigenvalue weighted by Gasteiger charge is 2.45. The maximum absolute atomic E-state index is 13.1. The van der Waals surface area contributed by atoms with Crippen molar-refractivity contribution in [2.75, 3.05) is 13.2 Å². The summed E-state index contributed by atoms with van der Waals surface area (Å²) in [5.74, 6) is 0. The molecule has 0 N–H and O–H groups in total. The molecule has 1 radical (unpaired) electrons. The van der Waals surface area contributed by atoms with Crippen LogP contribution < -0.4 is 0 Å². The molecule has 0 spiro atoms. The highest BCUT2D eigenvalue weighted by Crippen LogP contribution is 2.66. The minimum Gasteiger partial charge on any atom is -0.308 e. The second kappa shape index (κ2) is 6.69. The molecule has 0 aromatic heterocycles. The van der Waals surface area contributed by atoms with Gasteiger partial charge in [-0.15, -0.1) is 0 Å². The molecule has 0 aliphatic carbocycles. The van der Waals surface area contributed by atoms with Gasteiger partial charge >= 0.3 is 7.60 Å². The van der Waals surface area contributed by atoms with Gasteiger partial charge in [0.1, 0.15) is 5.66 Å². The van der Waals surface area contributed by atoms with Crippen molar-refractivity contribution in [2.24, 2.45) is 5.41 Å². The first kappa shape index (κ1) is 16.4. The minimum absolute atomic E-state index is 0.290. The predicted molar refractivity (Wildman–Crippen MR) is 79.1 cm³/mol. The molecular formula is C15H24O3P. The van der Waals surface area contributed by atoms with Crippen LogP contribution in [0.1, 0.15) is 40.2 Å². The average molecular weight is 283 g/mol. The van der Waals surface area contributed by atoms with Crippen LogP contribution in [0.15, 0.2) is 30.3 Å². The van der Waals surface area contributed by atoms with Gasteiger partial charge in [-0.3, -0.25) is 4.57 Å². The quantitative estimate of drug-likeness (QED) is 0.698. The Morgan fingerprint density at radius 1 is 1.05 bits per heavy atom. The topological polar surface area (TPSA) is 35.5 Å². The SMILES string of the molecule is CCOP(=O)(OCC)[C](c1ccccc1)C(C)(C)C. The van der Waals surface area contributed by atoms with Crippen molar-refractivity contribution >= 4 is 7.60 Å². The summed E-state index contributed by atoms with van der Waals surface area (Å²) in [6, 6.07) is 9.71. The third-order valence-corrected chi connectivity index (χ3v) is 5.30. The Bertz CT molecular complexity index is 413. The summed E-state index contributed by atoms with van der Waals surface area (Å²) >= 11 is 0. The minimum atomic E-state index is -3.26. The normalized spacial score (nSPS) is 12.9. The van der Waals surface area contributed by atoms with Crippen molar-refractivity contribution in [1.82, 2.24) is 0 Å². The molecule has 19 heavy (non-hydrogen) atoms. The van der Waals surface area contributed by atoms with Crippen LogP contribution in [-0.4, -0.2) is 13.2 Å². The molecule has 0 bridgehead atoms. The smallest absolute Gasteiger partial charge is 0.308 e. The lowest BCUT2D eigenvalue weighted by molar-refractivity contribution is 0.213. The van der Waals surface area contributed by atoms with Crippen LogP contribution in [0, 0.1) is 11.1 Å². The highest BCUT2D eigenvalue weighted by atomic mass is 31.2. The van der Waals surface area contributed by atoms with E-state index in [0.717, 1.165) is 11.2 Å². The van der Waals surface area contributed by atoms with Gasteiger partial charge in [-0.25, -0.2) is 0 Å². The molecule has 107 valence electrons. The first-order chi connectivity index (χ1) is 8.85. The summed E-state index contributed by atoms with van der Waals surface area (Å²) in [6.45, 7) is 10.5. The van der Waals surface area contributed by atoms with Crippen molar-refractivity contribution in [1.29, 1.82) is 0 Å². The first-order valence-corrected chi connectivity index (χ1v) is 8.22. The van der Waals surface area contributed by atoms with Gasteiger partial charge in [0.2, 0.25) is 0 Å². The van der Waals surface area contributed by atoms with Crippen LogP contribution in [-0.2, 0) is 13.6 Å². The van der Waals surface area contributed by atoms with Crippen LogP contribution >= 0.6 is 7.60 Å². The van der Waals surface area contributed by atoms with E-state index in [2.05, 4.69) is 0 Å². The van der Waals surface area contributed by atoms with E-state index in [1.165, 1.54) is 0 Å². The Balaban J connectivity index is 3.27. The molecule has 0 aliphatic rings. The Hall–Kier alpha value is -0.630. The molecule has 0 saturated carbocycles. The monoisotopic (exact) mass is 283 g/mol. The molecule has 3 nitrogen and oxygen atoms in total. The van der Waals surface area contributed by atoms with Gasteiger partial charge < -0.3 is 9.05 Å². The van der Waals surface area contributed by atoms with Gasteiger partial charge in [0, 0.05) is 0 Å². The van der Waals surface area contributed by atoms with Gasteiger partial charge in [-0.05, 0) is 24.8 Å². The van der Waals surface area contributed by atoms with E-state index in [4.69, 9.17) is 9.05 Å². The molecule has 1 aromatic rings. The maximum Gasteiger partial charge on any atom is 0.343 e. The maximum atomic E-state index is 13.1. The van der Waals surface area contributed by atoms with Crippen LogP contribution in [0.5, 0.6) is 0 Å². The Kier molecular flexibility index (Phi) is 5.79. The molecule has 1 aromatic carbocycles. The van der Waals surface area contributed by atoms with E-state index >= 15 is 0 Å². The standard InChI is InChI=1S/C15H24O3P/c1-6-17-19(16,18-7-2)14(15(3,4)5)13-11-9-8-10-12-13/h8-12H,6-7H2,1-5H3. The van der Waals surface area contributed by atoms with E-state index in [1.807, 2.05) is 65.0 Å². The molecule has 0 amide bonds. The van der Waals surface area contributed by atoms with Crippen LogP contribution in [0.3, 0.4) is 0 Å². The number of hydrogen-bond donors (Lipinski definition) is 0. The van der Waals surface area contributed by atoms with Gasteiger partial charge in [-0.1, -0.05) is 51.1 Å². The molecule has 0 aliphatic heterocycles. The average Bonchev–Trinajstić information content (AvgIpc) is 2.28. The summed E-state index contributed by atoms with van der Waals surface area (Å²) in [6.07, 6.45) is 0. The van der Waals surface area contributed by atoms with Crippen LogP contribution in [0.2, 0.25) is 0 Å². The molecule has 0 unspecified atom stereocenters. The summed E-state index contributed by atoms with van der Waals surface area (Å²) in [7, 11) is -3.26. The predicted octanol–water partition coefficient (Wildman–Crippen LogP) is 4.88. The van der Waals surface area contributed by atoms with Crippen LogP contribution in [0.25, 0.3) is 0 Å². The van der Waals surface area contributed by atoms with Gasteiger partial charge in [0.05, 0.1) is 13.2 Å². The van der Waals surface area contributed by atoms with E-state index < -0.39 is 7.60 Å². The lowest BCUT2D eigenvalue weighted by atomic mass is 9.87. The Morgan fingerprint density at radius 2 is 1.53 bits per heavy atom. The molecular weight excluding hydrogens is 259 g/mol. The number of rotatable bonds is 6. The summed E-state index contributed by atoms with van der Waals surface area (Å²) in [5, 5.41) is 0. The van der Waals surface area contributed by atoms with Crippen molar-refractivity contribution < 1.29 is 13.6 Å². The van der Waals surface area contributed by atoms with Gasteiger partial charge in [0.15, 0.2) is 0 Å². The van der Waals surface area contributed by atoms with Crippen molar-refractivity contribution in [2.45, 2.75) is 34.6 Å². The summed E-state index contributed by atoms with van der Waals surface area (Å²) < 4.78 is 24.1. The molecule has 1 rings (SSSR count). The van der Waals surface area contributed by atoms with E-state index in [-0.39, 0.29) is 5.41 Å². The largest absolute Gasteiger partial charge is 0.343 e. The fourth-order valence-electron chi connectivity index (χ4n) is 2.10. The lowest BCUT2D eigenvalue weighted by Crippen LogP contribution is -2.22. The molecule has 0 saturated heterocycles. The van der Waals surface area contributed by atoms with Crippen molar-refractivity contribution in [3.05, 3.63) is 41.6 Å². The summed E-state index contributed by atoms with van der Waals surface area (Å²) in [5.41, 5.74) is 1.37. The fraction of sp³-hybridized carbons (Fsp3) is 0.533. The van der Waals surface area contributed by atoms with Gasteiger partial charge in [0.25, 0.3) is 0 Å². The second-order valence-electron chi connectivity index (χ2n) is 5.30. The van der Waals surface area contributed by atoms with Crippen molar-refractivity contribution in [3.8, 4) is 0 Å². The molecule has 4 heteroatoms. The Labute approximate surface area is 116 Å². The third kappa shape index (κ3) is 4.17. The zero-order chi connectivity index (χ0) is 14.5. The molecule has 0 atom stereocenters. The molecule has 0 fully saturated rings. The number of hydrogen-bond acceptors (Lipinski definition) is 3. The van der Waals surface area contributed by atoms with Crippen LogP contribution in [0.4, 0.5) is 0 Å². The van der Waals surface area contributed by atoms with Gasteiger partial charge in [-0.2, -0.15) is 0 Å². The van der Waals surface area contributed by atoms with E-state index in [9.17, 15) is 4.57 Å². The zero-order valence-corrected chi connectivity index (χ0v) is 13.4. The Morgan fingerprint density at radius 3 is 1.89 bits per heavy atom. The number of benzene rings is 1. The highest BCUT2D eigenvalue weighted by molar-refractivity contribution is 7.57. The van der Waals surface area contributed by atoms with E-state index in [0.29, 0.717) is 13.2 Å². The fourth-order valence-corrected chi connectivity index (χ4v) is 4.40. The third-order valence-electron chi connectivity index (χ3n) is 2.63. The summed E-state index contributed by atoms with van der Waals surface area (Å²) in [4.78, 5) is 0.